The number of nitrogens with zero attached hydrogens (tertiary/aromatic N) is 3. The number of nitrogens with one attached hydrogen (secondary N) is 1. The minimum absolute atomic E-state index is 0.194. The van der Waals surface area contributed by atoms with Gasteiger partial charge in [0, 0.05) is 45.0 Å². The van der Waals surface area contributed by atoms with Crippen LogP contribution in [-0.4, -0.2) is 67.2 Å². The summed E-state index contributed by atoms with van der Waals surface area (Å²) in [6, 6.07) is 7.40. The number of carbonyl (C=O) groups excluding carboxylic acids is 1. The van der Waals surface area contributed by atoms with E-state index in [1.807, 2.05) is 45.0 Å². The Morgan fingerprint density at radius 1 is 1.17 bits per heavy atom. The van der Waals surface area contributed by atoms with Gasteiger partial charge in [-0.15, -0.1) is 0 Å². The van der Waals surface area contributed by atoms with Crippen molar-refractivity contribution in [2.75, 3.05) is 44.6 Å². The maximum atomic E-state index is 12.5. The number of hydrogen-bond acceptors (Lipinski definition) is 3. The molecule has 24 heavy (non-hydrogen) atoms. The maximum Gasteiger partial charge on any atom is 0.321 e. The average molecular weight is 354 g/mol. The van der Waals surface area contributed by atoms with E-state index in [1.54, 1.807) is 4.90 Å². The zero-order valence-electron chi connectivity index (χ0n) is 14.5. The number of anilines is 1. The van der Waals surface area contributed by atoms with E-state index in [9.17, 15) is 13.2 Å². The molecule has 1 aliphatic heterocycles. The highest BCUT2D eigenvalue weighted by Gasteiger charge is 2.32. The zero-order chi connectivity index (χ0) is 17.7. The van der Waals surface area contributed by atoms with E-state index < -0.39 is 10.2 Å². The number of hydrogen-bond donors (Lipinski definition) is 1. The van der Waals surface area contributed by atoms with Gasteiger partial charge in [0.05, 0.1) is 0 Å². The van der Waals surface area contributed by atoms with Crippen molar-refractivity contribution in [3.05, 3.63) is 29.8 Å². The van der Waals surface area contributed by atoms with Crippen LogP contribution in [0.5, 0.6) is 0 Å². The van der Waals surface area contributed by atoms with E-state index in [1.165, 1.54) is 8.61 Å². The Hall–Kier alpha value is -1.64. The lowest BCUT2D eigenvalue weighted by Crippen LogP contribution is -2.54. The lowest BCUT2D eigenvalue weighted by Gasteiger charge is -2.36. The van der Waals surface area contributed by atoms with Crippen molar-refractivity contribution < 1.29 is 13.2 Å². The van der Waals surface area contributed by atoms with Crippen molar-refractivity contribution in [3.8, 4) is 0 Å². The first-order valence-electron chi connectivity index (χ1n) is 8.26. The first kappa shape index (κ1) is 18.7. The number of rotatable bonds is 5. The van der Waals surface area contributed by atoms with Gasteiger partial charge in [0.25, 0.3) is 10.2 Å². The minimum atomic E-state index is -3.43. The van der Waals surface area contributed by atoms with Crippen molar-refractivity contribution >= 4 is 21.9 Å². The van der Waals surface area contributed by atoms with Gasteiger partial charge in [-0.05, 0) is 24.6 Å². The van der Waals surface area contributed by atoms with Crippen LogP contribution >= 0.6 is 0 Å². The molecule has 1 N–H and O–H groups in total. The predicted octanol–water partition coefficient (Wildman–Crippen LogP) is 1.73. The van der Waals surface area contributed by atoms with E-state index in [4.69, 9.17) is 0 Å². The number of aryl methyl sites for hydroxylation is 1. The monoisotopic (exact) mass is 354 g/mol. The molecule has 1 aliphatic rings. The molecule has 1 fully saturated rings. The minimum Gasteiger partial charge on any atom is -0.322 e. The topological polar surface area (TPSA) is 73.0 Å². The van der Waals surface area contributed by atoms with Crippen molar-refractivity contribution in [1.29, 1.82) is 0 Å². The third kappa shape index (κ3) is 4.25. The molecule has 7 nitrogen and oxygen atoms in total. The van der Waals surface area contributed by atoms with Crippen molar-refractivity contribution in [2.45, 2.75) is 20.8 Å². The van der Waals surface area contributed by atoms with Gasteiger partial charge in [0.1, 0.15) is 0 Å². The van der Waals surface area contributed by atoms with Crippen LogP contribution in [-0.2, 0) is 10.2 Å². The summed E-state index contributed by atoms with van der Waals surface area (Å²) in [5, 5.41) is 2.86. The third-order valence-corrected chi connectivity index (χ3v) is 6.34. The molecule has 134 valence electrons. The normalized spacial score (nSPS) is 16.4. The lowest BCUT2D eigenvalue weighted by molar-refractivity contribution is 0.181. The van der Waals surface area contributed by atoms with Crippen molar-refractivity contribution in [2.24, 2.45) is 0 Å². The quantitative estimate of drug-likeness (QED) is 0.875. The maximum absolute atomic E-state index is 12.5. The molecule has 1 aromatic carbocycles. The molecule has 0 atom stereocenters. The summed E-state index contributed by atoms with van der Waals surface area (Å²) >= 11 is 0. The smallest absolute Gasteiger partial charge is 0.321 e. The fourth-order valence-corrected chi connectivity index (χ4v) is 4.36. The lowest BCUT2D eigenvalue weighted by atomic mass is 10.2. The largest absolute Gasteiger partial charge is 0.322 e. The Labute approximate surface area is 144 Å². The summed E-state index contributed by atoms with van der Waals surface area (Å²) in [6.07, 6.45) is 0. The highest BCUT2D eigenvalue weighted by Crippen LogP contribution is 2.14. The van der Waals surface area contributed by atoms with Gasteiger partial charge in [-0.2, -0.15) is 17.0 Å². The molecule has 1 heterocycles. The summed E-state index contributed by atoms with van der Waals surface area (Å²) in [4.78, 5) is 14.0. The fourth-order valence-electron chi connectivity index (χ4n) is 2.76. The van der Waals surface area contributed by atoms with Gasteiger partial charge in [0.15, 0.2) is 0 Å². The summed E-state index contributed by atoms with van der Waals surface area (Å²) in [7, 11) is -3.43. The van der Waals surface area contributed by atoms with Crippen LogP contribution in [0.25, 0.3) is 0 Å². The second-order valence-electron chi connectivity index (χ2n) is 5.78. The second-order valence-corrected chi connectivity index (χ2v) is 7.71. The Morgan fingerprint density at radius 2 is 1.79 bits per heavy atom. The third-order valence-electron chi connectivity index (χ3n) is 4.15. The summed E-state index contributed by atoms with van der Waals surface area (Å²) in [5.74, 6) is 0. The van der Waals surface area contributed by atoms with Gasteiger partial charge in [0.2, 0.25) is 0 Å². The van der Waals surface area contributed by atoms with Crippen LogP contribution < -0.4 is 5.32 Å². The number of piperazine rings is 1. The first-order chi connectivity index (χ1) is 11.4. The zero-order valence-corrected chi connectivity index (χ0v) is 15.3. The second kappa shape index (κ2) is 7.96. The summed E-state index contributed by atoms with van der Waals surface area (Å²) < 4.78 is 27.9. The fraction of sp³-hybridized carbons (Fsp3) is 0.562. The van der Waals surface area contributed by atoms with E-state index in [2.05, 4.69) is 5.32 Å². The number of urea groups is 1. The van der Waals surface area contributed by atoms with Gasteiger partial charge < -0.3 is 10.2 Å². The highest BCUT2D eigenvalue weighted by molar-refractivity contribution is 7.86. The van der Waals surface area contributed by atoms with Gasteiger partial charge in [-0.3, -0.25) is 0 Å². The highest BCUT2D eigenvalue weighted by atomic mass is 32.2. The summed E-state index contributed by atoms with van der Waals surface area (Å²) in [6.45, 7) is 7.93. The van der Waals surface area contributed by atoms with Crippen LogP contribution in [0.4, 0.5) is 10.5 Å². The van der Waals surface area contributed by atoms with Crippen molar-refractivity contribution in [3.63, 3.8) is 0 Å². The van der Waals surface area contributed by atoms with E-state index in [0.29, 0.717) is 39.3 Å². The molecule has 1 saturated heterocycles. The standard InChI is InChI=1S/C16H26N4O3S/c1-4-19(5-2)24(22,23)20-11-9-18(10-12-20)16(21)17-15-8-6-7-14(3)13-15/h6-8,13H,4-5,9-12H2,1-3H3,(H,17,21). The molecule has 0 spiro atoms. The molecule has 8 heteroatoms. The van der Waals surface area contributed by atoms with E-state index >= 15 is 0 Å². The van der Waals surface area contributed by atoms with Gasteiger partial charge in [-0.25, -0.2) is 4.79 Å². The molecule has 2 rings (SSSR count). The van der Waals surface area contributed by atoms with E-state index in [-0.39, 0.29) is 6.03 Å². The molecule has 0 aromatic heterocycles. The summed E-state index contributed by atoms with van der Waals surface area (Å²) in [5.41, 5.74) is 1.82. The molecule has 0 bridgehead atoms. The molecule has 0 unspecified atom stereocenters. The Bertz CT molecular complexity index is 666. The Kier molecular flexibility index (Phi) is 6.20. The number of carbonyl (C=O) groups is 1. The van der Waals surface area contributed by atoms with Gasteiger partial charge in [-0.1, -0.05) is 26.0 Å². The van der Waals surface area contributed by atoms with Crippen molar-refractivity contribution in [1.82, 2.24) is 13.5 Å². The molecular weight excluding hydrogens is 328 g/mol. The SMILES string of the molecule is CCN(CC)S(=O)(=O)N1CCN(C(=O)Nc2cccc(C)c2)CC1. The van der Waals surface area contributed by atoms with E-state index in [0.717, 1.165) is 11.3 Å². The number of benzene rings is 1. The molecule has 0 aliphatic carbocycles. The van der Waals surface area contributed by atoms with Crippen LogP contribution in [0, 0.1) is 6.92 Å². The molecule has 1 aromatic rings. The molecule has 0 radical (unpaired) electrons. The molecule has 0 saturated carbocycles. The van der Waals surface area contributed by atoms with Crippen LogP contribution in [0.15, 0.2) is 24.3 Å². The predicted molar refractivity (Wildman–Crippen MR) is 95.2 cm³/mol. The van der Waals surface area contributed by atoms with Crippen LogP contribution in [0.3, 0.4) is 0 Å². The Morgan fingerprint density at radius 3 is 2.33 bits per heavy atom. The number of amides is 2. The molecule has 2 amide bonds. The molecular formula is C16H26N4O3S. The Balaban J connectivity index is 1.93. The van der Waals surface area contributed by atoms with Crippen LogP contribution in [0.1, 0.15) is 19.4 Å². The van der Waals surface area contributed by atoms with Crippen LogP contribution in [0.2, 0.25) is 0 Å². The van der Waals surface area contributed by atoms with Gasteiger partial charge >= 0.3 is 6.03 Å². The average Bonchev–Trinajstić information content (AvgIpc) is 2.56. The first-order valence-corrected chi connectivity index (χ1v) is 9.66.